The quantitative estimate of drug-likeness (QED) is 0.672. The van der Waals surface area contributed by atoms with Crippen LogP contribution in [0.15, 0.2) is 41.9 Å². The number of hydrogen-bond donors (Lipinski definition) is 1. The number of rotatable bonds is 3. The third-order valence-corrected chi connectivity index (χ3v) is 3.56. The SMILES string of the molecule is CC(=N)S/C=C(\C)c1cccc(-c2ccn(C)n2)c1. The summed E-state index contributed by atoms with van der Waals surface area (Å²) in [7, 11) is 1.92. The van der Waals surface area contributed by atoms with Crippen molar-refractivity contribution in [2.75, 3.05) is 0 Å². The van der Waals surface area contributed by atoms with Crippen LogP contribution >= 0.6 is 11.8 Å². The zero-order valence-corrected chi connectivity index (χ0v) is 12.2. The van der Waals surface area contributed by atoms with Gasteiger partial charge in [-0.15, -0.1) is 0 Å². The fourth-order valence-electron chi connectivity index (χ4n) is 1.74. The van der Waals surface area contributed by atoms with Crippen LogP contribution in [0.4, 0.5) is 0 Å². The summed E-state index contributed by atoms with van der Waals surface area (Å²) in [6, 6.07) is 10.3. The largest absolute Gasteiger partial charge is 0.298 e. The molecule has 0 bridgehead atoms. The van der Waals surface area contributed by atoms with Gasteiger partial charge in [0, 0.05) is 18.8 Å². The molecule has 0 amide bonds. The third-order valence-electron chi connectivity index (χ3n) is 2.74. The van der Waals surface area contributed by atoms with Gasteiger partial charge in [-0.3, -0.25) is 10.1 Å². The molecule has 19 heavy (non-hydrogen) atoms. The van der Waals surface area contributed by atoms with Crippen molar-refractivity contribution < 1.29 is 0 Å². The van der Waals surface area contributed by atoms with Gasteiger partial charge in [-0.25, -0.2) is 0 Å². The Hall–Kier alpha value is -1.81. The van der Waals surface area contributed by atoms with Gasteiger partial charge in [0.15, 0.2) is 0 Å². The van der Waals surface area contributed by atoms with Crippen molar-refractivity contribution in [2.45, 2.75) is 13.8 Å². The molecule has 0 saturated heterocycles. The van der Waals surface area contributed by atoms with Gasteiger partial charge < -0.3 is 0 Å². The van der Waals surface area contributed by atoms with Gasteiger partial charge in [0.05, 0.1) is 10.7 Å². The fraction of sp³-hybridized carbons (Fsp3) is 0.200. The minimum atomic E-state index is 0.597. The van der Waals surface area contributed by atoms with Gasteiger partial charge in [-0.05, 0) is 42.5 Å². The van der Waals surface area contributed by atoms with Gasteiger partial charge in [-0.1, -0.05) is 30.0 Å². The van der Waals surface area contributed by atoms with Crippen LogP contribution in [0.2, 0.25) is 0 Å². The van der Waals surface area contributed by atoms with Gasteiger partial charge in [0.1, 0.15) is 0 Å². The van der Waals surface area contributed by atoms with Crippen LogP contribution in [0.5, 0.6) is 0 Å². The number of aryl methyl sites for hydroxylation is 1. The van der Waals surface area contributed by atoms with Gasteiger partial charge in [0.2, 0.25) is 0 Å². The van der Waals surface area contributed by atoms with E-state index in [1.54, 1.807) is 11.6 Å². The lowest BCUT2D eigenvalue weighted by Gasteiger charge is -2.04. The molecule has 0 saturated carbocycles. The highest BCUT2D eigenvalue weighted by Gasteiger charge is 2.03. The topological polar surface area (TPSA) is 41.7 Å². The van der Waals surface area contributed by atoms with Crippen LogP contribution in [0.3, 0.4) is 0 Å². The molecule has 0 spiro atoms. The minimum Gasteiger partial charge on any atom is -0.298 e. The Kier molecular flexibility index (Phi) is 4.22. The van der Waals surface area contributed by atoms with Gasteiger partial charge in [-0.2, -0.15) is 5.10 Å². The molecule has 98 valence electrons. The first-order chi connectivity index (χ1) is 9.06. The molecule has 4 heteroatoms. The van der Waals surface area contributed by atoms with E-state index >= 15 is 0 Å². The molecule has 0 aliphatic carbocycles. The van der Waals surface area contributed by atoms with Crippen LogP contribution in [0.25, 0.3) is 16.8 Å². The number of hydrogen-bond acceptors (Lipinski definition) is 3. The van der Waals surface area contributed by atoms with Crippen LogP contribution in [0, 0.1) is 5.41 Å². The average Bonchev–Trinajstić information content (AvgIpc) is 2.83. The van der Waals surface area contributed by atoms with E-state index in [1.165, 1.54) is 11.8 Å². The minimum absolute atomic E-state index is 0.597. The first kappa shape index (κ1) is 13.6. The molecule has 1 aromatic heterocycles. The van der Waals surface area contributed by atoms with E-state index in [4.69, 9.17) is 5.41 Å². The highest BCUT2D eigenvalue weighted by Crippen LogP contribution is 2.24. The summed E-state index contributed by atoms with van der Waals surface area (Å²) < 4.78 is 1.80. The van der Waals surface area contributed by atoms with Gasteiger partial charge >= 0.3 is 0 Å². The zero-order chi connectivity index (χ0) is 13.8. The van der Waals surface area contributed by atoms with E-state index in [0.29, 0.717) is 5.04 Å². The normalized spacial score (nSPS) is 11.6. The fourth-order valence-corrected chi connectivity index (χ4v) is 2.23. The summed E-state index contributed by atoms with van der Waals surface area (Å²) in [5.41, 5.74) is 4.42. The van der Waals surface area contributed by atoms with Crippen LogP contribution < -0.4 is 0 Å². The lowest BCUT2D eigenvalue weighted by molar-refractivity contribution is 0.771. The summed E-state index contributed by atoms with van der Waals surface area (Å²) >= 11 is 1.44. The maximum atomic E-state index is 7.44. The molecule has 2 aromatic rings. The summed E-state index contributed by atoms with van der Waals surface area (Å²) in [6.45, 7) is 3.85. The first-order valence-corrected chi connectivity index (χ1v) is 6.93. The van der Waals surface area contributed by atoms with E-state index < -0.39 is 0 Å². The van der Waals surface area contributed by atoms with Crippen LogP contribution in [-0.2, 0) is 7.05 Å². The van der Waals surface area contributed by atoms with E-state index in [-0.39, 0.29) is 0 Å². The molecule has 0 unspecified atom stereocenters. The molecule has 1 N–H and O–H groups in total. The molecule has 0 atom stereocenters. The Bertz CT molecular complexity index is 626. The summed E-state index contributed by atoms with van der Waals surface area (Å²) in [4.78, 5) is 0. The molecule has 1 aromatic carbocycles. The maximum Gasteiger partial charge on any atom is 0.0923 e. The predicted molar refractivity (Wildman–Crippen MR) is 83.3 cm³/mol. The molecule has 3 nitrogen and oxygen atoms in total. The lowest BCUT2D eigenvalue weighted by atomic mass is 10.0. The Morgan fingerprint density at radius 2 is 2.11 bits per heavy atom. The van der Waals surface area contributed by atoms with E-state index in [0.717, 1.165) is 22.4 Å². The summed E-state index contributed by atoms with van der Waals surface area (Å²) in [6.07, 6.45) is 1.94. The highest BCUT2D eigenvalue weighted by atomic mass is 32.2. The Balaban J connectivity index is 2.29. The molecule has 1 heterocycles. The molecular weight excluding hydrogens is 254 g/mol. The van der Waals surface area contributed by atoms with E-state index in [9.17, 15) is 0 Å². The highest BCUT2D eigenvalue weighted by molar-refractivity contribution is 8.16. The van der Waals surface area contributed by atoms with Crippen molar-refractivity contribution in [1.29, 1.82) is 5.41 Å². The predicted octanol–water partition coefficient (Wildman–Crippen LogP) is 4.18. The zero-order valence-electron chi connectivity index (χ0n) is 11.3. The van der Waals surface area contributed by atoms with E-state index in [2.05, 4.69) is 30.2 Å². The molecule has 0 radical (unpaired) electrons. The number of aromatic nitrogens is 2. The molecule has 0 aliphatic heterocycles. The molecule has 2 rings (SSSR count). The Labute approximate surface area is 117 Å². The summed E-state index contributed by atoms with van der Waals surface area (Å²) in [5, 5.41) is 14.5. The van der Waals surface area contributed by atoms with Crippen molar-refractivity contribution >= 4 is 22.4 Å². The van der Waals surface area contributed by atoms with Crippen molar-refractivity contribution in [3.63, 3.8) is 0 Å². The smallest absolute Gasteiger partial charge is 0.0923 e. The molecular formula is C15H17N3S. The number of benzene rings is 1. The average molecular weight is 271 g/mol. The standard InChI is InChI=1S/C15H17N3S/c1-11(10-19-12(2)16)13-5-4-6-14(9-13)15-7-8-18(3)17-15/h4-10,16H,1-3H3/b11-10+,16-12?. The number of thioether (sulfide) groups is 1. The summed E-state index contributed by atoms with van der Waals surface area (Å²) in [5.74, 6) is 0. The monoisotopic (exact) mass is 271 g/mol. The molecule has 0 aliphatic rings. The van der Waals surface area contributed by atoms with Crippen molar-refractivity contribution in [3.05, 3.63) is 47.5 Å². The third kappa shape index (κ3) is 3.58. The first-order valence-electron chi connectivity index (χ1n) is 6.05. The number of nitrogens with zero attached hydrogens (tertiary/aromatic N) is 2. The second-order valence-electron chi connectivity index (χ2n) is 4.43. The molecule has 0 fully saturated rings. The Morgan fingerprint density at radius 3 is 2.74 bits per heavy atom. The second kappa shape index (κ2) is 5.89. The Morgan fingerprint density at radius 1 is 1.32 bits per heavy atom. The van der Waals surface area contributed by atoms with Crippen molar-refractivity contribution in [3.8, 4) is 11.3 Å². The number of allylic oxidation sites excluding steroid dienone is 1. The van der Waals surface area contributed by atoms with Gasteiger partial charge in [0.25, 0.3) is 0 Å². The van der Waals surface area contributed by atoms with E-state index in [1.807, 2.05) is 30.8 Å². The number of nitrogens with one attached hydrogen (secondary N) is 1. The second-order valence-corrected chi connectivity index (χ2v) is 5.51. The van der Waals surface area contributed by atoms with Crippen molar-refractivity contribution in [1.82, 2.24) is 9.78 Å². The van der Waals surface area contributed by atoms with Crippen LogP contribution in [-0.4, -0.2) is 14.8 Å². The lowest BCUT2D eigenvalue weighted by Crippen LogP contribution is -1.88. The maximum absolute atomic E-state index is 7.44. The van der Waals surface area contributed by atoms with Crippen LogP contribution in [0.1, 0.15) is 19.4 Å². The van der Waals surface area contributed by atoms with Crippen molar-refractivity contribution in [2.24, 2.45) is 7.05 Å².